The number of amides is 1. The van der Waals surface area contributed by atoms with Crippen molar-refractivity contribution in [1.82, 2.24) is 10.6 Å². The summed E-state index contributed by atoms with van der Waals surface area (Å²) in [5, 5.41) is 6.40. The Hall–Kier alpha value is -1.39. The zero-order valence-corrected chi connectivity index (χ0v) is 12.1. The van der Waals surface area contributed by atoms with Gasteiger partial charge in [0.15, 0.2) is 0 Å². The molecular weight excluding hydrogens is 252 g/mol. The van der Waals surface area contributed by atoms with E-state index in [0.29, 0.717) is 6.54 Å². The molecule has 4 nitrogen and oxygen atoms in total. The van der Waals surface area contributed by atoms with E-state index in [1.54, 1.807) is 0 Å². The van der Waals surface area contributed by atoms with E-state index in [1.807, 2.05) is 18.2 Å². The maximum absolute atomic E-state index is 11.9. The van der Waals surface area contributed by atoms with Crippen molar-refractivity contribution in [2.24, 2.45) is 0 Å². The molecule has 1 heterocycles. The second-order valence-electron chi connectivity index (χ2n) is 5.21. The monoisotopic (exact) mass is 276 g/mol. The lowest BCUT2D eigenvalue weighted by Gasteiger charge is -2.24. The summed E-state index contributed by atoms with van der Waals surface area (Å²) in [4.78, 5) is 11.9. The number of carbonyl (C=O) groups is 1. The summed E-state index contributed by atoms with van der Waals surface area (Å²) < 4.78 is 5.29. The van der Waals surface area contributed by atoms with Crippen LogP contribution >= 0.6 is 0 Å². The van der Waals surface area contributed by atoms with Gasteiger partial charge in [0.25, 0.3) is 0 Å². The van der Waals surface area contributed by atoms with Gasteiger partial charge in [-0.1, -0.05) is 37.3 Å². The number of rotatable bonds is 6. The van der Waals surface area contributed by atoms with E-state index < -0.39 is 0 Å². The predicted octanol–water partition coefficient (Wildman–Crippen LogP) is 2.02. The third kappa shape index (κ3) is 4.62. The molecule has 1 atom stereocenters. The van der Waals surface area contributed by atoms with Crippen LogP contribution in [0.15, 0.2) is 30.3 Å². The summed E-state index contributed by atoms with van der Waals surface area (Å²) in [7, 11) is 0. The zero-order valence-electron chi connectivity index (χ0n) is 12.1. The van der Waals surface area contributed by atoms with Crippen molar-refractivity contribution in [3.05, 3.63) is 35.9 Å². The molecule has 0 radical (unpaired) electrons. The van der Waals surface area contributed by atoms with Crippen molar-refractivity contribution in [1.29, 1.82) is 0 Å². The molecule has 0 spiro atoms. The lowest BCUT2D eigenvalue weighted by Crippen LogP contribution is -2.43. The highest BCUT2D eigenvalue weighted by atomic mass is 16.5. The number of carbonyl (C=O) groups excluding carboxylic acids is 1. The summed E-state index contributed by atoms with van der Waals surface area (Å²) in [6.45, 7) is 3.99. The number of hydrogen-bond acceptors (Lipinski definition) is 3. The van der Waals surface area contributed by atoms with Gasteiger partial charge in [-0.05, 0) is 24.8 Å². The molecule has 20 heavy (non-hydrogen) atoms. The molecule has 1 fully saturated rings. The molecule has 1 aliphatic heterocycles. The minimum atomic E-state index is 0.0753. The molecule has 0 aliphatic carbocycles. The predicted molar refractivity (Wildman–Crippen MR) is 79.5 cm³/mol. The van der Waals surface area contributed by atoms with Crippen LogP contribution in [0.2, 0.25) is 0 Å². The molecule has 1 amide bonds. The molecule has 1 aromatic rings. The summed E-state index contributed by atoms with van der Waals surface area (Å²) in [5.41, 5.74) is 1.23. The Morgan fingerprint density at radius 1 is 1.30 bits per heavy atom. The van der Waals surface area contributed by atoms with Gasteiger partial charge in [0, 0.05) is 25.3 Å². The van der Waals surface area contributed by atoms with E-state index in [2.05, 4.69) is 29.7 Å². The third-order valence-electron chi connectivity index (χ3n) is 3.71. The first-order valence-electron chi connectivity index (χ1n) is 7.45. The Balaban J connectivity index is 1.76. The van der Waals surface area contributed by atoms with E-state index in [9.17, 15) is 4.79 Å². The van der Waals surface area contributed by atoms with Crippen LogP contribution in [0.25, 0.3) is 0 Å². The molecule has 4 heteroatoms. The molecule has 0 bridgehead atoms. The van der Waals surface area contributed by atoms with Crippen molar-refractivity contribution >= 4 is 5.91 Å². The average molecular weight is 276 g/mol. The fraction of sp³-hybridized carbons (Fsp3) is 0.562. The van der Waals surface area contributed by atoms with Gasteiger partial charge in [0.05, 0.1) is 6.54 Å². The molecule has 0 saturated carbocycles. The Labute approximate surface area is 120 Å². The Kier molecular flexibility index (Phi) is 6.02. The summed E-state index contributed by atoms with van der Waals surface area (Å²) in [6.07, 6.45) is 2.80. The minimum absolute atomic E-state index is 0.0753. The van der Waals surface area contributed by atoms with Gasteiger partial charge in [-0.25, -0.2) is 0 Å². The fourth-order valence-electron chi connectivity index (χ4n) is 2.52. The highest BCUT2D eigenvalue weighted by Crippen LogP contribution is 2.15. The quantitative estimate of drug-likeness (QED) is 0.836. The number of nitrogens with one attached hydrogen (secondary N) is 2. The number of hydrogen-bond donors (Lipinski definition) is 2. The maximum Gasteiger partial charge on any atom is 0.234 e. The van der Waals surface area contributed by atoms with Crippen LogP contribution in [0.5, 0.6) is 0 Å². The smallest absolute Gasteiger partial charge is 0.234 e. The van der Waals surface area contributed by atoms with Crippen molar-refractivity contribution in [3.8, 4) is 0 Å². The fourth-order valence-corrected chi connectivity index (χ4v) is 2.52. The van der Waals surface area contributed by atoms with E-state index >= 15 is 0 Å². The van der Waals surface area contributed by atoms with Crippen LogP contribution in [0.1, 0.15) is 37.8 Å². The molecule has 2 rings (SSSR count). The Morgan fingerprint density at radius 3 is 2.65 bits per heavy atom. The first kappa shape index (κ1) is 15.0. The van der Waals surface area contributed by atoms with Crippen molar-refractivity contribution < 1.29 is 9.53 Å². The van der Waals surface area contributed by atoms with Gasteiger partial charge in [0.2, 0.25) is 5.91 Å². The van der Waals surface area contributed by atoms with Crippen LogP contribution in [0, 0.1) is 0 Å². The highest BCUT2D eigenvalue weighted by Gasteiger charge is 2.16. The molecular formula is C16H24N2O2. The average Bonchev–Trinajstić information content (AvgIpc) is 2.50. The van der Waals surface area contributed by atoms with Gasteiger partial charge >= 0.3 is 0 Å². The van der Waals surface area contributed by atoms with Gasteiger partial charge in [0.1, 0.15) is 0 Å². The number of benzene rings is 1. The molecule has 2 N–H and O–H groups in total. The zero-order chi connectivity index (χ0) is 14.2. The van der Waals surface area contributed by atoms with E-state index in [4.69, 9.17) is 4.74 Å². The lowest BCUT2D eigenvalue weighted by molar-refractivity contribution is -0.121. The Morgan fingerprint density at radius 2 is 2.00 bits per heavy atom. The van der Waals surface area contributed by atoms with E-state index in [0.717, 1.165) is 32.5 Å². The maximum atomic E-state index is 11.9. The molecule has 1 aliphatic rings. The van der Waals surface area contributed by atoms with E-state index in [1.165, 1.54) is 5.56 Å². The molecule has 1 saturated heterocycles. The van der Waals surface area contributed by atoms with Crippen LogP contribution in [-0.4, -0.2) is 31.7 Å². The van der Waals surface area contributed by atoms with Crippen molar-refractivity contribution in [2.45, 2.75) is 38.3 Å². The van der Waals surface area contributed by atoms with Crippen LogP contribution in [0.4, 0.5) is 0 Å². The van der Waals surface area contributed by atoms with Crippen LogP contribution < -0.4 is 10.6 Å². The lowest BCUT2D eigenvalue weighted by atomic mass is 10.0. The topological polar surface area (TPSA) is 50.4 Å². The first-order chi connectivity index (χ1) is 9.79. The normalized spacial score (nSPS) is 17.6. The molecule has 1 aromatic carbocycles. The van der Waals surface area contributed by atoms with Crippen molar-refractivity contribution in [3.63, 3.8) is 0 Å². The van der Waals surface area contributed by atoms with Crippen LogP contribution in [-0.2, 0) is 9.53 Å². The molecule has 1 unspecified atom stereocenters. The van der Waals surface area contributed by atoms with Gasteiger partial charge < -0.3 is 15.4 Å². The first-order valence-corrected chi connectivity index (χ1v) is 7.45. The molecule has 0 aromatic heterocycles. The summed E-state index contributed by atoms with van der Waals surface area (Å²) >= 11 is 0. The second kappa shape index (κ2) is 8.02. The Bertz CT molecular complexity index is 402. The number of ether oxygens (including phenoxy) is 1. The third-order valence-corrected chi connectivity index (χ3v) is 3.71. The molecule has 110 valence electrons. The SMILES string of the molecule is CCC(NCC(=O)NC1CCOCC1)c1ccccc1. The standard InChI is InChI=1S/C16H24N2O2/c1-2-15(13-6-4-3-5-7-13)17-12-16(19)18-14-8-10-20-11-9-14/h3-7,14-15,17H,2,8-12H2,1H3,(H,18,19). The van der Waals surface area contributed by atoms with Gasteiger partial charge in [-0.3, -0.25) is 4.79 Å². The van der Waals surface area contributed by atoms with Gasteiger partial charge in [-0.15, -0.1) is 0 Å². The summed E-state index contributed by atoms with van der Waals surface area (Å²) in [5.74, 6) is 0.0753. The van der Waals surface area contributed by atoms with E-state index in [-0.39, 0.29) is 18.0 Å². The van der Waals surface area contributed by atoms with Gasteiger partial charge in [-0.2, -0.15) is 0 Å². The largest absolute Gasteiger partial charge is 0.381 e. The second-order valence-corrected chi connectivity index (χ2v) is 5.21. The van der Waals surface area contributed by atoms with Crippen molar-refractivity contribution in [2.75, 3.05) is 19.8 Å². The summed E-state index contributed by atoms with van der Waals surface area (Å²) in [6, 6.07) is 10.8. The van der Waals surface area contributed by atoms with Crippen LogP contribution in [0.3, 0.4) is 0 Å². The minimum Gasteiger partial charge on any atom is -0.381 e. The highest BCUT2D eigenvalue weighted by molar-refractivity contribution is 5.78.